The van der Waals surface area contributed by atoms with Crippen molar-refractivity contribution in [1.82, 2.24) is 15.3 Å². The molecule has 1 amide bonds. The molecule has 2 aliphatic heterocycles. The molecule has 5 rings (SSSR count). The Balaban J connectivity index is 1.58. The van der Waals surface area contributed by atoms with E-state index in [1.54, 1.807) is 25.6 Å². The number of hydrogen-bond acceptors (Lipinski definition) is 6. The van der Waals surface area contributed by atoms with Gasteiger partial charge < -0.3 is 29.8 Å². The molecule has 2 atom stereocenters. The molecule has 0 aliphatic carbocycles. The topological polar surface area (TPSA) is 97.5 Å². The molecule has 4 heterocycles. The Bertz CT molecular complexity index is 1220. The number of halogens is 1. The highest BCUT2D eigenvalue weighted by Gasteiger charge is 2.32. The molecule has 0 radical (unpaired) electrons. The van der Waals surface area contributed by atoms with E-state index in [2.05, 4.69) is 27.5 Å². The van der Waals surface area contributed by atoms with Crippen LogP contribution in [0.3, 0.4) is 0 Å². The lowest BCUT2D eigenvalue weighted by Crippen LogP contribution is -2.33. The second-order valence-corrected chi connectivity index (χ2v) is 9.30. The molecule has 0 spiro atoms. The largest absolute Gasteiger partial charge is 0.493 e. The summed E-state index contributed by atoms with van der Waals surface area (Å²) in [7, 11) is 1.57. The van der Waals surface area contributed by atoms with E-state index in [4.69, 9.17) is 25.8 Å². The number of para-hydroxylation sites is 1. The number of methoxy groups -OCH3 is 1. The SMILES string of the molecule is COc1c(Cl)cccc1Nc1c(-c2ccncc2OC[C@H]2CCCCO2)[nH]c2c1C(=O)NC[C@H]2C. The van der Waals surface area contributed by atoms with Gasteiger partial charge in [-0.25, -0.2) is 0 Å². The lowest BCUT2D eigenvalue weighted by atomic mass is 9.98. The lowest BCUT2D eigenvalue weighted by Gasteiger charge is -2.23. The lowest BCUT2D eigenvalue weighted by molar-refractivity contribution is -0.0110. The van der Waals surface area contributed by atoms with E-state index in [1.165, 1.54) is 0 Å². The van der Waals surface area contributed by atoms with Crippen molar-refractivity contribution in [2.24, 2.45) is 0 Å². The van der Waals surface area contributed by atoms with E-state index in [9.17, 15) is 4.79 Å². The monoisotopic (exact) mass is 496 g/mol. The van der Waals surface area contributed by atoms with Gasteiger partial charge in [0.15, 0.2) is 5.75 Å². The maximum atomic E-state index is 13.0. The van der Waals surface area contributed by atoms with Gasteiger partial charge in [-0.15, -0.1) is 0 Å². The van der Waals surface area contributed by atoms with Crippen LogP contribution >= 0.6 is 11.6 Å². The number of aromatic nitrogens is 2. The maximum absolute atomic E-state index is 13.0. The summed E-state index contributed by atoms with van der Waals surface area (Å²) >= 11 is 6.37. The van der Waals surface area contributed by atoms with Crippen molar-refractivity contribution in [3.63, 3.8) is 0 Å². The van der Waals surface area contributed by atoms with Gasteiger partial charge in [0.25, 0.3) is 5.91 Å². The molecule has 8 nitrogen and oxygen atoms in total. The number of aromatic amines is 1. The highest BCUT2D eigenvalue weighted by molar-refractivity contribution is 6.32. The molecule has 35 heavy (non-hydrogen) atoms. The van der Waals surface area contributed by atoms with Crippen LogP contribution in [-0.2, 0) is 4.74 Å². The number of pyridine rings is 1. The normalized spacial score (nSPS) is 19.6. The fourth-order valence-electron chi connectivity index (χ4n) is 4.66. The van der Waals surface area contributed by atoms with Gasteiger partial charge in [-0.05, 0) is 37.5 Å². The highest BCUT2D eigenvalue weighted by atomic mass is 35.5. The van der Waals surface area contributed by atoms with Crippen molar-refractivity contribution < 1.29 is 19.0 Å². The van der Waals surface area contributed by atoms with Crippen molar-refractivity contribution in [1.29, 1.82) is 0 Å². The molecule has 2 aromatic heterocycles. The highest BCUT2D eigenvalue weighted by Crippen LogP contribution is 2.44. The van der Waals surface area contributed by atoms with E-state index in [0.29, 0.717) is 46.6 Å². The van der Waals surface area contributed by atoms with Crippen molar-refractivity contribution in [2.45, 2.75) is 38.2 Å². The molecule has 9 heteroatoms. The average molecular weight is 497 g/mol. The quantitative estimate of drug-likeness (QED) is 0.412. The number of rotatable bonds is 7. The smallest absolute Gasteiger partial charge is 0.255 e. The number of H-pyrrole nitrogens is 1. The van der Waals surface area contributed by atoms with Crippen molar-refractivity contribution in [2.75, 3.05) is 32.2 Å². The molecule has 1 fully saturated rings. The van der Waals surface area contributed by atoms with Gasteiger partial charge in [0.2, 0.25) is 0 Å². The van der Waals surface area contributed by atoms with Crippen molar-refractivity contribution in [3.05, 3.63) is 52.9 Å². The van der Waals surface area contributed by atoms with Gasteiger partial charge >= 0.3 is 0 Å². The zero-order chi connectivity index (χ0) is 24.4. The van der Waals surface area contributed by atoms with Crippen LogP contribution < -0.4 is 20.1 Å². The Labute approximate surface area is 209 Å². The van der Waals surface area contributed by atoms with Gasteiger partial charge in [-0.3, -0.25) is 9.78 Å². The third kappa shape index (κ3) is 4.68. The molecule has 1 aromatic carbocycles. The number of carbonyl (C=O) groups excluding carboxylic acids is 1. The minimum absolute atomic E-state index is 0.0628. The number of ether oxygens (including phenoxy) is 3. The Kier molecular flexibility index (Phi) is 6.83. The van der Waals surface area contributed by atoms with E-state index in [1.807, 2.05) is 18.2 Å². The van der Waals surface area contributed by atoms with Crippen molar-refractivity contribution in [3.8, 4) is 22.8 Å². The standard InChI is InChI=1S/C26H29ClN4O4/c1-15-12-29-26(32)21-22(15)31-23(24(21)30-19-8-5-7-18(27)25(19)33-2)17-9-10-28-13-20(17)35-14-16-6-3-4-11-34-16/h5,7-10,13,15-16,30-31H,3-4,6,11-12,14H2,1-2H3,(H,29,32)/t15-,16-/m1/s1. The zero-order valence-corrected chi connectivity index (χ0v) is 20.6. The molecule has 3 N–H and O–H groups in total. The van der Waals surface area contributed by atoms with Crippen LogP contribution in [0.4, 0.5) is 11.4 Å². The first-order valence-electron chi connectivity index (χ1n) is 11.9. The number of fused-ring (bicyclic) bond motifs is 1. The van der Waals surface area contributed by atoms with E-state index in [-0.39, 0.29) is 17.9 Å². The van der Waals surface area contributed by atoms with Crippen LogP contribution in [-0.4, -0.2) is 48.8 Å². The van der Waals surface area contributed by atoms with Gasteiger partial charge in [0.05, 0.1) is 47.1 Å². The molecule has 2 aliphatic rings. The molecule has 1 saturated heterocycles. The number of hydrogen-bond donors (Lipinski definition) is 3. The molecular formula is C26H29ClN4O4. The van der Waals surface area contributed by atoms with Gasteiger partial charge in [0.1, 0.15) is 12.4 Å². The van der Waals surface area contributed by atoms with Crippen LogP contribution in [0.1, 0.15) is 48.2 Å². The number of anilines is 2. The van der Waals surface area contributed by atoms with E-state index in [0.717, 1.165) is 42.8 Å². The number of amides is 1. The van der Waals surface area contributed by atoms with E-state index < -0.39 is 0 Å². The predicted octanol–water partition coefficient (Wildman–Crippen LogP) is 5.28. The van der Waals surface area contributed by atoms with Crippen LogP contribution in [0.15, 0.2) is 36.7 Å². The first kappa shape index (κ1) is 23.5. The molecule has 3 aromatic rings. The van der Waals surface area contributed by atoms with E-state index >= 15 is 0 Å². The fourth-order valence-corrected chi connectivity index (χ4v) is 4.91. The van der Waals surface area contributed by atoms with Crippen molar-refractivity contribution >= 4 is 28.9 Å². The van der Waals surface area contributed by atoms with Crippen LogP contribution in [0.5, 0.6) is 11.5 Å². The Morgan fingerprint density at radius 1 is 1.29 bits per heavy atom. The Morgan fingerprint density at radius 3 is 2.97 bits per heavy atom. The molecule has 0 bridgehead atoms. The zero-order valence-electron chi connectivity index (χ0n) is 19.8. The van der Waals surface area contributed by atoms with Gasteiger partial charge in [-0.1, -0.05) is 24.6 Å². The fraction of sp³-hybridized carbons (Fsp3) is 0.385. The van der Waals surface area contributed by atoms with Gasteiger partial charge in [-0.2, -0.15) is 0 Å². The summed E-state index contributed by atoms with van der Waals surface area (Å²) in [5, 5.41) is 6.88. The molecule has 0 unspecified atom stereocenters. The average Bonchev–Trinajstić information content (AvgIpc) is 3.26. The minimum Gasteiger partial charge on any atom is -0.493 e. The second-order valence-electron chi connectivity index (χ2n) is 8.89. The molecular weight excluding hydrogens is 468 g/mol. The van der Waals surface area contributed by atoms with Gasteiger partial charge in [0, 0.05) is 36.5 Å². The maximum Gasteiger partial charge on any atom is 0.255 e. The first-order valence-corrected chi connectivity index (χ1v) is 12.3. The predicted molar refractivity (Wildman–Crippen MR) is 135 cm³/mol. The summed E-state index contributed by atoms with van der Waals surface area (Å²) in [6, 6.07) is 7.34. The number of carbonyl (C=O) groups is 1. The Hall–Kier alpha value is -3.23. The van der Waals surface area contributed by atoms with Crippen LogP contribution in [0, 0.1) is 0 Å². The summed E-state index contributed by atoms with van der Waals surface area (Å²) in [5.41, 5.74) is 4.26. The third-order valence-electron chi connectivity index (χ3n) is 6.50. The minimum atomic E-state index is -0.142. The summed E-state index contributed by atoms with van der Waals surface area (Å²) in [6.45, 7) is 3.85. The first-order chi connectivity index (χ1) is 17.1. The number of benzene rings is 1. The summed E-state index contributed by atoms with van der Waals surface area (Å²) in [4.78, 5) is 20.8. The number of nitrogens with zero attached hydrogens (tertiary/aromatic N) is 1. The molecule has 184 valence electrons. The summed E-state index contributed by atoms with van der Waals surface area (Å²) in [5.74, 6) is 1.09. The molecule has 0 saturated carbocycles. The second kappa shape index (κ2) is 10.2. The van der Waals surface area contributed by atoms with Crippen LogP contribution in [0.2, 0.25) is 5.02 Å². The number of nitrogens with one attached hydrogen (secondary N) is 3. The van der Waals surface area contributed by atoms with Crippen LogP contribution in [0.25, 0.3) is 11.3 Å². The summed E-state index contributed by atoms with van der Waals surface area (Å²) in [6.07, 6.45) is 6.68. The Morgan fingerprint density at radius 2 is 2.17 bits per heavy atom. The third-order valence-corrected chi connectivity index (χ3v) is 6.80. The summed E-state index contributed by atoms with van der Waals surface area (Å²) < 4.78 is 17.6.